The molecule has 0 fully saturated rings. The molecule has 2 heterocycles. The third-order valence-electron chi connectivity index (χ3n) is 8.92. The monoisotopic (exact) mass is 720 g/mol. The van der Waals surface area contributed by atoms with Crippen LogP contribution in [0.3, 0.4) is 0 Å². The van der Waals surface area contributed by atoms with Crippen LogP contribution in [-0.4, -0.2) is 24.4 Å². The molecule has 0 radical (unpaired) electrons. The molecule has 0 aromatic heterocycles. The number of para-hydroxylation sites is 2. The summed E-state index contributed by atoms with van der Waals surface area (Å²) in [5, 5.41) is 0. The number of rotatable bonds is 8. The standard InChI is InChI=1S/C41H41N2O2.HI/c1-40(2)34-28-32(44-30-18-12-10-13-19-30)24-26-36(34)42(5)38(40)22-16-8-7-9-17-23-39-41(3,4)35-29-33(25-27-37(35)43(39)6)45-31-20-14-11-15-21-31;/h7-29H,1-6H3;1H/q+1;/p-1. The summed E-state index contributed by atoms with van der Waals surface area (Å²) >= 11 is 0. The van der Waals surface area contributed by atoms with Crippen LogP contribution in [0.5, 0.6) is 23.0 Å². The first-order valence-corrected chi connectivity index (χ1v) is 15.5. The zero-order valence-electron chi connectivity index (χ0n) is 27.4. The zero-order valence-corrected chi connectivity index (χ0v) is 29.5. The van der Waals surface area contributed by atoms with Gasteiger partial charge >= 0.3 is 0 Å². The van der Waals surface area contributed by atoms with Crippen molar-refractivity contribution in [3.05, 3.63) is 156 Å². The minimum atomic E-state index is -0.148. The van der Waals surface area contributed by atoms with E-state index in [4.69, 9.17) is 9.47 Å². The predicted molar refractivity (Wildman–Crippen MR) is 187 cm³/mol. The third-order valence-corrected chi connectivity index (χ3v) is 8.92. The highest BCUT2D eigenvalue weighted by atomic mass is 127. The summed E-state index contributed by atoms with van der Waals surface area (Å²) in [7, 11) is 4.27. The van der Waals surface area contributed by atoms with Gasteiger partial charge in [-0.15, -0.1) is 0 Å². The lowest BCUT2D eigenvalue weighted by Gasteiger charge is -2.23. The Kier molecular flexibility index (Phi) is 9.73. The van der Waals surface area contributed by atoms with Crippen LogP contribution in [0.25, 0.3) is 0 Å². The quantitative estimate of drug-likeness (QED) is 0.109. The van der Waals surface area contributed by atoms with Gasteiger partial charge in [0.2, 0.25) is 5.69 Å². The van der Waals surface area contributed by atoms with E-state index >= 15 is 0 Å². The lowest BCUT2D eigenvalue weighted by Crippen LogP contribution is -3.00. The number of hydrogen-bond donors (Lipinski definition) is 0. The maximum absolute atomic E-state index is 6.13. The number of anilines is 1. The van der Waals surface area contributed by atoms with Gasteiger partial charge in [0, 0.05) is 41.6 Å². The van der Waals surface area contributed by atoms with Crippen LogP contribution in [0.15, 0.2) is 145 Å². The second-order valence-electron chi connectivity index (χ2n) is 12.6. The van der Waals surface area contributed by atoms with Crippen LogP contribution < -0.4 is 38.4 Å². The molecule has 2 aliphatic heterocycles. The Morgan fingerprint density at radius 2 is 1.15 bits per heavy atom. The smallest absolute Gasteiger partial charge is 0.209 e. The molecule has 0 saturated heterocycles. The summed E-state index contributed by atoms with van der Waals surface area (Å²) in [5.74, 6) is 3.39. The van der Waals surface area contributed by atoms with Crippen molar-refractivity contribution in [1.82, 2.24) is 0 Å². The molecule has 4 nitrogen and oxygen atoms in total. The number of hydrogen-bond acceptors (Lipinski definition) is 3. The summed E-state index contributed by atoms with van der Waals surface area (Å²) in [6.45, 7) is 9.08. The minimum absolute atomic E-state index is 0. The Labute approximate surface area is 290 Å². The van der Waals surface area contributed by atoms with E-state index in [9.17, 15) is 0 Å². The summed E-state index contributed by atoms with van der Waals surface area (Å²) < 4.78 is 14.5. The molecule has 0 spiro atoms. The second-order valence-corrected chi connectivity index (χ2v) is 12.6. The molecule has 6 rings (SSSR count). The van der Waals surface area contributed by atoms with Crippen molar-refractivity contribution in [2.75, 3.05) is 19.0 Å². The van der Waals surface area contributed by atoms with Crippen LogP contribution >= 0.6 is 0 Å². The molecule has 0 saturated carbocycles. The molecule has 0 bridgehead atoms. The maximum Gasteiger partial charge on any atom is 0.209 e. The van der Waals surface area contributed by atoms with Crippen LogP contribution in [-0.2, 0) is 10.8 Å². The first-order chi connectivity index (χ1) is 21.7. The van der Waals surface area contributed by atoms with E-state index < -0.39 is 0 Å². The Balaban J connectivity index is 0.00000417. The van der Waals surface area contributed by atoms with E-state index in [0.29, 0.717) is 0 Å². The summed E-state index contributed by atoms with van der Waals surface area (Å²) in [6, 6.07) is 32.6. The number of ether oxygens (including phenoxy) is 2. The topological polar surface area (TPSA) is 24.7 Å². The van der Waals surface area contributed by atoms with Crippen molar-refractivity contribution in [3.8, 4) is 23.0 Å². The van der Waals surface area contributed by atoms with Crippen molar-refractivity contribution < 1.29 is 38.0 Å². The van der Waals surface area contributed by atoms with Gasteiger partial charge in [-0.1, -0.05) is 80.6 Å². The van der Waals surface area contributed by atoms with E-state index in [1.807, 2.05) is 72.8 Å². The molecule has 4 aromatic carbocycles. The highest BCUT2D eigenvalue weighted by molar-refractivity contribution is 6.03. The molecule has 0 unspecified atom stereocenters. The van der Waals surface area contributed by atoms with Gasteiger partial charge < -0.3 is 38.4 Å². The van der Waals surface area contributed by atoms with Gasteiger partial charge in [0.25, 0.3) is 0 Å². The fourth-order valence-corrected chi connectivity index (χ4v) is 6.49. The van der Waals surface area contributed by atoms with Crippen molar-refractivity contribution in [3.63, 3.8) is 0 Å². The Hall–Kier alpha value is -4.36. The van der Waals surface area contributed by atoms with Crippen molar-refractivity contribution >= 4 is 17.1 Å². The molecular formula is C41H41IN2O2. The lowest BCUT2D eigenvalue weighted by molar-refractivity contribution is -0.401. The normalized spacial score (nSPS) is 17.2. The van der Waals surface area contributed by atoms with Crippen LogP contribution in [0.2, 0.25) is 0 Å². The molecule has 234 valence electrons. The van der Waals surface area contributed by atoms with Gasteiger partial charge in [-0.25, -0.2) is 0 Å². The molecule has 0 amide bonds. The largest absolute Gasteiger partial charge is 1.00 e. The van der Waals surface area contributed by atoms with Gasteiger partial charge in [0.1, 0.15) is 30.0 Å². The summed E-state index contributed by atoms with van der Waals surface area (Å²) in [5.41, 5.74) is 7.13. The Morgan fingerprint density at radius 3 is 1.78 bits per heavy atom. The average Bonchev–Trinajstić information content (AvgIpc) is 3.34. The molecule has 0 N–H and O–H groups in total. The van der Waals surface area contributed by atoms with E-state index in [1.165, 1.54) is 33.9 Å². The molecule has 5 heteroatoms. The van der Waals surface area contributed by atoms with Crippen LogP contribution in [0, 0.1) is 0 Å². The third kappa shape index (κ3) is 6.47. The molecule has 2 aliphatic rings. The first kappa shape index (κ1) is 33.0. The second kappa shape index (κ2) is 13.6. The average molecular weight is 721 g/mol. The number of halogens is 1. The van der Waals surface area contributed by atoms with Gasteiger partial charge in [0.15, 0.2) is 5.71 Å². The number of allylic oxidation sites excluding steroid dienone is 8. The van der Waals surface area contributed by atoms with Crippen molar-refractivity contribution in [2.45, 2.75) is 38.5 Å². The van der Waals surface area contributed by atoms with Crippen molar-refractivity contribution in [1.29, 1.82) is 0 Å². The predicted octanol–water partition coefficient (Wildman–Crippen LogP) is 7.26. The van der Waals surface area contributed by atoms with Crippen LogP contribution in [0.4, 0.5) is 11.4 Å². The Morgan fingerprint density at radius 1 is 0.609 bits per heavy atom. The van der Waals surface area contributed by atoms with E-state index in [1.54, 1.807) is 0 Å². The van der Waals surface area contributed by atoms with E-state index in [0.717, 1.165) is 23.0 Å². The van der Waals surface area contributed by atoms with Gasteiger partial charge in [-0.05, 0) is 80.1 Å². The first-order valence-electron chi connectivity index (χ1n) is 15.5. The fourth-order valence-electron chi connectivity index (χ4n) is 6.49. The van der Waals surface area contributed by atoms with Crippen LogP contribution in [0.1, 0.15) is 38.8 Å². The molecule has 46 heavy (non-hydrogen) atoms. The number of fused-ring (bicyclic) bond motifs is 2. The molecule has 4 aromatic rings. The molecule has 0 aliphatic carbocycles. The number of likely N-dealkylation sites (N-methyl/N-ethyl adjacent to an activating group) is 1. The minimum Gasteiger partial charge on any atom is -1.00 e. The van der Waals surface area contributed by atoms with E-state index in [-0.39, 0.29) is 34.8 Å². The van der Waals surface area contributed by atoms with E-state index in [2.05, 4.69) is 118 Å². The summed E-state index contributed by atoms with van der Waals surface area (Å²) in [6.07, 6.45) is 14.9. The Bertz CT molecular complexity index is 1870. The lowest BCUT2D eigenvalue weighted by atomic mass is 9.81. The summed E-state index contributed by atoms with van der Waals surface area (Å²) in [4.78, 5) is 2.28. The maximum atomic E-state index is 6.13. The zero-order chi connectivity index (χ0) is 31.6. The van der Waals surface area contributed by atoms with Gasteiger partial charge in [0.05, 0.1) is 5.41 Å². The van der Waals surface area contributed by atoms with Crippen molar-refractivity contribution in [2.24, 2.45) is 0 Å². The van der Waals surface area contributed by atoms with Gasteiger partial charge in [-0.3, -0.25) is 0 Å². The number of nitrogens with zero attached hydrogens (tertiary/aromatic N) is 2. The van der Waals surface area contributed by atoms with Gasteiger partial charge in [-0.2, -0.15) is 4.58 Å². The molecular weight excluding hydrogens is 679 g/mol. The fraction of sp³-hybridized carbons (Fsp3) is 0.195. The highest BCUT2D eigenvalue weighted by Gasteiger charge is 2.43. The number of benzene rings is 4. The SMILES string of the molecule is CN1C(=CC=CC=CC=CC2=[N+](C)c3ccc(Oc4ccccc4)cc3C2(C)C)C(C)(C)c2cc(Oc3ccccc3)ccc21.[I-]. The highest BCUT2D eigenvalue weighted by Crippen LogP contribution is 2.48. The molecule has 0 atom stereocenters.